The van der Waals surface area contributed by atoms with E-state index in [1.165, 1.54) is 28.4 Å². The zero-order chi connectivity index (χ0) is 13.4. The number of thioether (sulfide) groups is 2. The number of aliphatic carboxylic acids is 1. The molecule has 0 bridgehead atoms. The van der Waals surface area contributed by atoms with E-state index in [-0.39, 0.29) is 17.0 Å². The van der Waals surface area contributed by atoms with Crippen molar-refractivity contribution in [2.24, 2.45) is 11.7 Å². The second-order valence-electron chi connectivity index (χ2n) is 4.06. The Balaban J connectivity index is 2.21. The van der Waals surface area contributed by atoms with E-state index in [2.05, 4.69) is 0 Å². The normalized spacial score (nSPS) is 28.2. The van der Waals surface area contributed by atoms with Crippen LogP contribution in [0.1, 0.15) is 6.92 Å². The van der Waals surface area contributed by atoms with Crippen LogP contribution in [0.5, 0.6) is 0 Å². The van der Waals surface area contributed by atoms with E-state index >= 15 is 0 Å². The molecule has 4 N–H and O–H groups in total. The molecule has 2 unspecified atom stereocenters. The van der Waals surface area contributed by atoms with Gasteiger partial charge >= 0.3 is 5.97 Å². The molecule has 0 aliphatic carbocycles. The summed E-state index contributed by atoms with van der Waals surface area (Å²) in [6, 6.07) is 0. The summed E-state index contributed by atoms with van der Waals surface area (Å²) in [4.78, 5) is 24.3. The summed E-state index contributed by atoms with van der Waals surface area (Å²) in [7, 11) is 0. The third-order valence-corrected chi connectivity index (χ3v) is 5.51. The van der Waals surface area contributed by atoms with Crippen molar-refractivity contribution in [3.8, 4) is 0 Å². The van der Waals surface area contributed by atoms with Gasteiger partial charge in [-0.05, 0) is 6.92 Å². The lowest BCUT2D eigenvalue weighted by Crippen LogP contribution is -2.60. The second kappa shape index (κ2) is 5.12. The molecule has 3 atom stereocenters. The van der Waals surface area contributed by atoms with Crippen molar-refractivity contribution in [2.75, 3.05) is 12.3 Å². The number of hydrogen-bond donors (Lipinski definition) is 3. The summed E-state index contributed by atoms with van der Waals surface area (Å²) in [6.07, 6.45) is -0.764. The van der Waals surface area contributed by atoms with Crippen LogP contribution in [-0.2, 0) is 9.59 Å². The van der Waals surface area contributed by atoms with Gasteiger partial charge in [0.2, 0.25) is 5.91 Å². The van der Waals surface area contributed by atoms with Crippen molar-refractivity contribution in [1.82, 2.24) is 4.90 Å². The minimum absolute atomic E-state index is 0.0327. The average Bonchev–Trinajstić information content (AvgIpc) is 2.60. The average molecular weight is 290 g/mol. The molecule has 2 aliphatic rings. The van der Waals surface area contributed by atoms with Gasteiger partial charge in [-0.1, -0.05) is 11.8 Å². The summed E-state index contributed by atoms with van der Waals surface area (Å²) >= 11 is 2.67. The van der Waals surface area contributed by atoms with Gasteiger partial charge in [0.05, 0.1) is 16.3 Å². The summed E-state index contributed by atoms with van der Waals surface area (Å²) in [5, 5.41) is 18.4. The van der Waals surface area contributed by atoms with E-state index in [0.29, 0.717) is 16.5 Å². The zero-order valence-corrected chi connectivity index (χ0v) is 11.3. The van der Waals surface area contributed by atoms with Crippen LogP contribution in [0.25, 0.3) is 0 Å². The SMILES string of the molecule is CC(O)[C@@H]1C(=O)N2C(C(=O)O)=C(SCCN)SC12. The van der Waals surface area contributed by atoms with Gasteiger partial charge in [0.15, 0.2) is 5.70 Å². The molecular formula is C10H14N2O4S2. The number of carboxylic acids is 1. The molecule has 0 aromatic carbocycles. The fourth-order valence-corrected chi connectivity index (χ4v) is 4.77. The van der Waals surface area contributed by atoms with E-state index in [0.717, 1.165) is 0 Å². The molecule has 0 spiro atoms. The lowest BCUT2D eigenvalue weighted by atomic mass is 9.92. The Morgan fingerprint density at radius 2 is 2.33 bits per heavy atom. The highest BCUT2D eigenvalue weighted by Gasteiger charge is 2.57. The molecule has 1 saturated heterocycles. The van der Waals surface area contributed by atoms with Gasteiger partial charge in [0.25, 0.3) is 0 Å². The molecule has 100 valence electrons. The topological polar surface area (TPSA) is 104 Å². The molecule has 2 rings (SSSR count). The number of carbonyl (C=O) groups excluding carboxylic acids is 1. The third kappa shape index (κ3) is 2.03. The van der Waals surface area contributed by atoms with Crippen molar-refractivity contribution in [1.29, 1.82) is 0 Å². The van der Waals surface area contributed by atoms with E-state index in [4.69, 9.17) is 5.73 Å². The van der Waals surface area contributed by atoms with Gasteiger partial charge in [-0.15, -0.1) is 11.8 Å². The number of fused-ring (bicyclic) bond motifs is 1. The number of nitrogens with zero attached hydrogens (tertiary/aromatic N) is 1. The van der Waals surface area contributed by atoms with Gasteiger partial charge in [-0.2, -0.15) is 0 Å². The Bertz CT molecular complexity index is 424. The highest BCUT2D eigenvalue weighted by Crippen LogP contribution is 2.53. The van der Waals surface area contributed by atoms with Crippen LogP contribution in [0, 0.1) is 5.92 Å². The number of amides is 1. The first-order valence-electron chi connectivity index (χ1n) is 5.47. The molecular weight excluding hydrogens is 276 g/mol. The Hall–Kier alpha value is -0.700. The summed E-state index contributed by atoms with van der Waals surface area (Å²) in [6.45, 7) is 1.99. The predicted molar refractivity (Wildman–Crippen MR) is 69.6 cm³/mol. The van der Waals surface area contributed by atoms with Gasteiger partial charge in [0, 0.05) is 12.3 Å². The fraction of sp³-hybridized carbons (Fsp3) is 0.600. The number of carbonyl (C=O) groups is 2. The minimum atomic E-state index is -1.11. The number of nitrogens with two attached hydrogens (primary N) is 1. The number of β-lactam (4-membered cyclic amide) rings is 1. The molecule has 2 heterocycles. The van der Waals surface area contributed by atoms with Crippen molar-refractivity contribution in [3.63, 3.8) is 0 Å². The van der Waals surface area contributed by atoms with E-state index in [1.54, 1.807) is 6.92 Å². The first-order chi connectivity index (χ1) is 8.49. The Morgan fingerprint density at radius 3 is 2.83 bits per heavy atom. The first kappa shape index (κ1) is 13.7. The summed E-state index contributed by atoms with van der Waals surface area (Å²) in [5.41, 5.74) is 5.43. The number of carboxylic acid groups (broad SMARTS) is 1. The van der Waals surface area contributed by atoms with Crippen LogP contribution in [0.2, 0.25) is 0 Å². The van der Waals surface area contributed by atoms with Gasteiger partial charge in [-0.25, -0.2) is 4.79 Å². The number of aliphatic hydroxyl groups is 1. The summed E-state index contributed by atoms with van der Waals surface area (Å²) in [5.74, 6) is -1.33. The standard InChI is InChI=1S/C10H14N2O4S2/c1-4(13)5-7(14)12-6(9(15)16)10(17-3-2-11)18-8(5)12/h4-5,8,13H,2-3,11H2,1H3,(H,15,16)/t4?,5-,8?/m1/s1. The van der Waals surface area contributed by atoms with Gasteiger partial charge < -0.3 is 15.9 Å². The van der Waals surface area contributed by atoms with E-state index in [9.17, 15) is 19.8 Å². The quantitative estimate of drug-likeness (QED) is 0.605. The smallest absolute Gasteiger partial charge is 0.354 e. The van der Waals surface area contributed by atoms with Crippen molar-refractivity contribution in [3.05, 3.63) is 9.93 Å². The third-order valence-electron chi connectivity index (χ3n) is 2.82. The van der Waals surface area contributed by atoms with Crippen LogP contribution >= 0.6 is 23.5 Å². The molecule has 18 heavy (non-hydrogen) atoms. The molecule has 0 saturated carbocycles. The second-order valence-corrected chi connectivity index (χ2v) is 6.55. The van der Waals surface area contributed by atoms with Crippen LogP contribution in [0.15, 0.2) is 9.93 Å². The lowest BCUT2D eigenvalue weighted by Gasteiger charge is -2.43. The number of aliphatic hydroxyl groups excluding tert-OH is 1. The van der Waals surface area contributed by atoms with Crippen molar-refractivity contribution in [2.45, 2.75) is 18.4 Å². The molecule has 6 nitrogen and oxygen atoms in total. The zero-order valence-electron chi connectivity index (χ0n) is 9.70. The minimum Gasteiger partial charge on any atom is -0.477 e. The molecule has 1 fully saturated rings. The maximum Gasteiger partial charge on any atom is 0.354 e. The van der Waals surface area contributed by atoms with Gasteiger partial charge in [-0.3, -0.25) is 9.69 Å². The maximum atomic E-state index is 11.8. The first-order valence-corrected chi connectivity index (χ1v) is 7.33. The number of hydrogen-bond acceptors (Lipinski definition) is 6. The van der Waals surface area contributed by atoms with Crippen molar-refractivity contribution >= 4 is 35.4 Å². The highest BCUT2D eigenvalue weighted by atomic mass is 32.2. The Morgan fingerprint density at radius 1 is 1.67 bits per heavy atom. The molecule has 0 aromatic heterocycles. The lowest BCUT2D eigenvalue weighted by molar-refractivity contribution is -0.156. The van der Waals surface area contributed by atoms with Crippen LogP contribution in [0.3, 0.4) is 0 Å². The Kier molecular flexibility index (Phi) is 3.90. The largest absolute Gasteiger partial charge is 0.477 e. The number of rotatable bonds is 5. The monoisotopic (exact) mass is 290 g/mol. The van der Waals surface area contributed by atoms with Crippen LogP contribution < -0.4 is 5.73 Å². The Labute approximate surface area is 113 Å². The fourth-order valence-electron chi connectivity index (χ4n) is 2.00. The predicted octanol–water partition coefficient (Wildman–Crippen LogP) is -0.156. The van der Waals surface area contributed by atoms with E-state index < -0.39 is 18.0 Å². The maximum absolute atomic E-state index is 11.8. The highest BCUT2D eigenvalue weighted by molar-refractivity contribution is 8.22. The van der Waals surface area contributed by atoms with Gasteiger partial charge in [0.1, 0.15) is 5.37 Å². The van der Waals surface area contributed by atoms with Crippen molar-refractivity contribution < 1.29 is 19.8 Å². The molecule has 1 amide bonds. The molecule has 0 radical (unpaired) electrons. The molecule has 8 heteroatoms. The summed E-state index contributed by atoms with van der Waals surface area (Å²) < 4.78 is 0.606. The van der Waals surface area contributed by atoms with Crippen LogP contribution in [-0.4, -0.2) is 50.8 Å². The van der Waals surface area contributed by atoms with E-state index in [1.807, 2.05) is 0 Å². The van der Waals surface area contributed by atoms with Crippen LogP contribution in [0.4, 0.5) is 0 Å². The molecule has 2 aliphatic heterocycles. The molecule has 0 aromatic rings.